The summed E-state index contributed by atoms with van der Waals surface area (Å²) in [5, 5.41) is 4.23. The number of hydrogen-bond acceptors (Lipinski definition) is 2. The Morgan fingerprint density at radius 2 is 1.83 bits per heavy atom. The van der Waals surface area contributed by atoms with Crippen LogP contribution < -0.4 is 0 Å². The van der Waals surface area contributed by atoms with E-state index in [1.807, 2.05) is 12.1 Å². The molecular formula is C15H10N2S. The second kappa shape index (κ2) is 3.68. The normalized spacial score (nSPS) is 11.3. The zero-order chi connectivity index (χ0) is 11.9. The Balaban J connectivity index is 2.21. The van der Waals surface area contributed by atoms with Crippen molar-refractivity contribution in [2.45, 2.75) is 0 Å². The Kier molecular flexibility index (Phi) is 2.02. The summed E-state index contributed by atoms with van der Waals surface area (Å²) in [6.45, 7) is 0. The standard InChI is InChI=1S/C15H10N2S/c1-2-5-13-12(4-1)16-15(11-7-9-18-10-11)14-6-3-8-17(13)14/h1-10H. The van der Waals surface area contributed by atoms with Crippen LogP contribution in [0.1, 0.15) is 0 Å². The molecule has 18 heavy (non-hydrogen) atoms. The zero-order valence-electron chi connectivity index (χ0n) is 9.58. The molecule has 0 N–H and O–H groups in total. The Labute approximate surface area is 108 Å². The number of rotatable bonds is 1. The molecule has 0 aliphatic heterocycles. The summed E-state index contributed by atoms with van der Waals surface area (Å²) < 4.78 is 2.20. The van der Waals surface area contributed by atoms with Crippen molar-refractivity contribution in [3.8, 4) is 11.3 Å². The lowest BCUT2D eigenvalue weighted by Gasteiger charge is -2.07. The van der Waals surface area contributed by atoms with Crippen molar-refractivity contribution in [1.29, 1.82) is 0 Å². The molecule has 0 spiro atoms. The molecule has 2 nitrogen and oxygen atoms in total. The van der Waals surface area contributed by atoms with Crippen LogP contribution in [-0.4, -0.2) is 9.38 Å². The molecule has 3 heteroatoms. The quantitative estimate of drug-likeness (QED) is 0.494. The van der Waals surface area contributed by atoms with Crippen molar-refractivity contribution < 1.29 is 0 Å². The van der Waals surface area contributed by atoms with E-state index in [0.29, 0.717) is 0 Å². The van der Waals surface area contributed by atoms with Crippen LogP contribution in [0.5, 0.6) is 0 Å². The van der Waals surface area contributed by atoms with Crippen molar-refractivity contribution in [1.82, 2.24) is 9.38 Å². The fraction of sp³-hybridized carbons (Fsp3) is 0. The van der Waals surface area contributed by atoms with E-state index in [2.05, 4.69) is 51.7 Å². The highest BCUT2D eigenvalue weighted by molar-refractivity contribution is 7.08. The molecule has 4 rings (SSSR count). The Bertz CT molecular complexity index is 828. The van der Waals surface area contributed by atoms with Gasteiger partial charge in [-0.05, 0) is 35.7 Å². The third-order valence-electron chi connectivity index (χ3n) is 3.16. The van der Waals surface area contributed by atoms with Gasteiger partial charge in [0.1, 0.15) is 0 Å². The third kappa shape index (κ3) is 1.31. The van der Waals surface area contributed by atoms with E-state index in [-0.39, 0.29) is 0 Å². The maximum Gasteiger partial charge on any atom is 0.0958 e. The topological polar surface area (TPSA) is 17.3 Å². The predicted octanol–water partition coefficient (Wildman–Crippen LogP) is 4.22. The molecule has 0 bridgehead atoms. The van der Waals surface area contributed by atoms with Gasteiger partial charge in [-0.1, -0.05) is 12.1 Å². The van der Waals surface area contributed by atoms with Crippen molar-refractivity contribution in [2.75, 3.05) is 0 Å². The summed E-state index contributed by atoms with van der Waals surface area (Å²) in [4.78, 5) is 4.80. The van der Waals surface area contributed by atoms with Crippen LogP contribution in [0, 0.1) is 0 Å². The summed E-state index contributed by atoms with van der Waals surface area (Å²) in [7, 11) is 0. The van der Waals surface area contributed by atoms with E-state index >= 15 is 0 Å². The highest BCUT2D eigenvalue weighted by Crippen LogP contribution is 2.28. The zero-order valence-corrected chi connectivity index (χ0v) is 10.4. The lowest BCUT2D eigenvalue weighted by molar-refractivity contribution is 1.23. The van der Waals surface area contributed by atoms with Gasteiger partial charge < -0.3 is 4.40 Å². The largest absolute Gasteiger partial charge is 0.313 e. The monoisotopic (exact) mass is 250 g/mol. The minimum absolute atomic E-state index is 1.03. The maximum atomic E-state index is 4.80. The number of nitrogens with zero attached hydrogens (tertiary/aromatic N) is 2. The summed E-state index contributed by atoms with van der Waals surface area (Å²) in [5.74, 6) is 0. The van der Waals surface area contributed by atoms with Gasteiger partial charge in [-0.2, -0.15) is 11.3 Å². The first-order chi connectivity index (χ1) is 8.93. The van der Waals surface area contributed by atoms with Crippen LogP contribution in [0.25, 0.3) is 27.8 Å². The smallest absolute Gasteiger partial charge is 0.0958 e. The average molecular weight is 250 g/mol. The molecule has 1 aromatic carbocycles. The minimum Gasteiger partial charge on any atom is -0.313 e. The first-order valence-electron chi connectivity index (χ1n) is 5.82. The fourth-order valence-electron chi connectivity index (χ4n) is 2.34. The summed E-state index contributed by atoms with van der Waals surface area (Å²) >= 11 is 1.70. The molecule has 0 aliphatic carbocycles. The van der Waals surface area contributed by atoms with Crippen molar-refractivity contribution in [3.63, 3.8) is 0 Å². The Hall–Kier alpha value is -2.13. The van der Waals surface area contributed by atoms with Gasteiger partial charge in [0.2, 0.25) is 0 Å². The molecule has 0 atom stereocenters. The van der Waals surface area contributed by atoms with Gasteiger partial charge in [-0.15, -0.1) is 0 Å². The van der Waals surface area contributed by atoms with Crippen LogP contribution in [0.3, 0.4) is 0 Å². The average Bonchev–Trinajstić information content (AvgIpc) is 3.09. The molecule has 3 heterocycles. The Morgan fingerprint density at radius 1 is 0.944 bits per heavy atom. The second-order valence-electron chi connectivity index (χ2n) is 4.22. The maximum absolute atomic E-state index is 4.80. The van der Waals surface area contributed by atoms with Crippen LogP contribution in [0.4, 0.5) is 0 Å². The number of fused-ring (bicyclic) bond motifs is 3. The number of hydrogen-bond donors (Lipinski definition) is 0. The SMILES string of the molecule is c1ccc2c(c1)nc(-c1ccsc1)c1cccn12. The number of aromatic nitrogens is 2. The van der Waals surface area contributed by atoms with E-state index < -0.39 is 0 Å². The lowest BCUT2D eigenvalue weighted by atomic mass is 10.2. The van der Waals surface area contributed by atoms with Crippen molar-refractivity contribution >= 4 is 27.9 Å². The molecule has 0 unspecified atom stereocenters. The van der Waals surface area contributed by atoms with Gasteiger partial charge in [0.15, 0.2) is 0 Å². The number of thiophene rings is 1. The number of para-hydroxylation sites is 2. The van der Waals surface area contributed by atoms with Gasteiger partial charge in [0.05, 0.1) is 22.2 Å². The Morgan fingerprint density at radius 3 is 2.72 bits per heavy atom. The van der Waals surface area contributed by atoms with Gasteiger partial charge in [0.25, 0.3) is 0 Å². The highest BCUT2D eigenvalue weighted by atomic mass is 32.1. The summed E-state index contributed by atoms with van der Waals surface area (Å²) in [5.41, 5.74) is 5.58. The fourth-order valence-corrected chi connectivity index (χ4v) is 2.98. The molecule has 0 amide bonds. The first kappa shape index (κ1) is 9.85. The van der Waals surface area contributed by atoms with Crippen molar-refractivity contribution in [3.05, 3.63) is 59.4 Å². The first-order valence-corrected chi connectivity index (χ1v) is 6.76. The van der Waals surface area contributed by atoms with E-state index in [0.717, 1.165) is 22.2 Å². The van der Waals surface area contributed by atoms with Gasteiger partial charge in [0, 0.05) is 17.1 Å². The summed E-state index contributed by atoms with van der Waals surface area (Å²) in [6.07, 6.45) is 2.09. The highest BCUT2D eigenvalue weighted by Gasteiger charge is 2.09. The predicted molar refractivity (Wildman–Crippen MR) is 76.0 cm³/mol. The van der Waals surface area contributed by atoms with Crippen LogP contribution in [0.15, 0.2) is 59.4 Å². The molecule has 0 saturated carbocycles. The second-order valence-corrected chi connectivity index (χ2v) is 5.00. The molecule has 86 valence electrons. The van der Waals surface area contributed by atoms with Gasteiger partial charge >= 0.3 is 0 Å². The summed E-state index contributed by atoms with van der Waals surface area (Å²) in [6, 6.07) is 14.5. The van der Waals surface area contributed by atoms with E-state index in [1.54, 1.807) is 11.3 Å². The molecule has 0 fully saturated rings. The molecule has 4 aromatic rings. The molecule has 0 aliphatic rings. The van der Waals surface area contributed by atoms with Crippen LogP contribution >= 0.6 is 11.3 Å². The van der Waals surface area contributed by atoms with Gasteiger partial charge in [-0.25, -0.2) is 4.98 Å². The third-order valence-corrected chi connectivity index (χ3v) is 3.84. The van der Waals surface area contributed by atoms with Gasteiger partial charge in [-0.3, -0.25) is 0 Å². The minimum atomic E-state index is 1.03. The lowest BCUT2D eigenvalue weighted by Crippen LogP contribution is -1.93. The van der Waals surface area contributed by atoms with Crippen LogP contribution in [-0.2, 0) is 0 Å². The molecule has 3 aromatic heterocycles. The van der Waals surface area contributed by atoms with E-state index in [9.17, 15) is 0 Å². The molecule has 0 radical (unpaired) electrons. The van der Waals surface area contributed by atoms with E-state index in [1.165, 1.54) is 5.56 Å². The van der Waals surface area contributed by atoms with Crippen LogP contribution in [0.2, 0.25) is 0 Å². The van der Waals surface area contributed by atoms with E-state index in [4.69, 9.17) is 4.98 Å². The molecular weight excluding hydrogens is 240 g/mol. The molecule has 0 saturated heterocycles. The van der Waals surface area contributed by atoms with Crippen molar-refractivity contribution in [2.24, 2.45) is 0 Å². The number of benzene rings is 1.